The molecular formula is C32H49N3O. The second-order valence-corrected chi connectivity index (χ2v) is 14.0. The lowest BCUT2D eigenvalue weighted by atomic mass is 9.56. The quantitative estimate of drug-likeness (QED) is 0.300. The molecule has 2 atom stereocenters. The fourth-order valence-corrected chi connectivity index (χ4v) is 5.35. The zero-order chi connectivity index (χ0) is 26.9. The standard InChI is InChI=1S/C32H49N3O/c1-12-36-24-18-19-26-27(20-24)34-35(33-26)28(22-29(2,3)4)32(10,11)31(8,9)21-25(30(5,6)7)23-16-14-13-15-17-23/h13-20,25,28H,12,21-22H2,1-11H3. The molecule has 0 radical (unpaired) electrons. The van der Waals surface area contributed by atoms with Crippen LogP contribution in [0.25, 0.3) is 11.0 Å². The molecule has 3 rings (SSSR count). The normalized spacial score (nSPS) is 15.2. The van der Waals surface area contributed by atoms with Gasteiger partial charge in [0.25, 0.3) is 0 Å². The van der Waals surface area contributed by atoms with Crippen molar-refractivity contribution in [1.82, 2.24) is 15.0 Å². The number of hydrogen-bond donors (Lipinski definition) is 0. The zero-order valence-corrected chi connectivity index (χ0v) is 24.6. The van der Waals surface area contributed by atoms with Crippen LogP contribution >= 0.6 is 0 Å². The van der Waals surface area contributed by atoms with Gasteiger partial charge in [-0.15, -0.1) is 0 Å². The Morgan fingerprint density at radius 1 is 0.778 bits per heavy atom. The molecule has 0 bridgehead atoms. The summed E-state index contributed by atoms with van der Waals surface area (Å²) in [5.41, 5.74) is 3.48. The van der Waals surface area contributed by atoms with Gasteiger partial charge in [-0.2, -0.15) is 15.0 Å². The van der Waals surface area contributed by atoms with Gasteiger partial charge in [0, 0.05) is 6.07 Å². The van der Waals surface area contributed by atoms with Gasteiger partial charge in [0.15, 0.2) is 0 Å². The van der Waals surface area contributed by atoms with Crippen LogP contribution in [0.1, 0.15) is 107 Å². The van der Waals surface area contributed by atoms with Crippen molar-refractivity contribution in [3.8, 4) is 5.75 Å². The van der Waals surface area contributed by atoms with Gasteiger partial charge in [0.1, 0.15) is 16.8 Å². The van der Waals surface area contributed by atoms with E-state index in [1.807, 2.05) is 29.9 Å². The Kier molecular flexibility index (Phi) is 7.98. The molecule has 0 saturated heterocycles. The van der Waals surface area contributed by atoms with Crippen LogP contribution in [-0.2, 0) is 0 Å². The Balaban J connectivity index is 2.05. The third kappa shape index (κ3) is 6.30. The molecule has 0 spiro atoms. The first-order valence-corrected chi connectivity index (χ1v) is 13.6. The minimum absolute atomic E-state index is 0.0208. The third-order valence-electron chi connectivity index (χ3n) is 8.30. The Labute approximate surface area is 219 Å². The largest absolute Gasteiger partial charge is 0.494 e. The van der Waals surface area contributed by atoms with Crippen LogP contribution in [-0.4, -0.2) is 21.6 Å². The number of nitrogens with zero attached hydrogens (tertiary/aromatic N) is 3. The number of ether oxygens (including phenoxy) is 1. The maximum Gasteiger partial charge on any atom is 0.121 e. The molecule has 0 aliphatic rings. The summed E-state index contributed by atoms with van der Waals surface area (Å²) in [6.45, 7) is 26.5. The van der Waals surface area contributed by atoms with Crippen molar-refractivity contribution in [2.45, 2.75) is 101 Å². The average Bonchev–Trinajstić information content (AvgIpc) is 3.18. The van der Waals surface area contributed by atoms with Crippen molar-refractivity contribution in [3.63, 3.8) is 0 Å². The molecular weight excluding hydrogens is 442 g/mol. The Bertz CT molecular complexity index is 1130. The average molecular weight is 492 g/mol. The van der Waals surface area contributed by atoms with Crippen LogP contribution in [0.3, 0.4) is 0 Å². The first-order valence-electron chi connectivity index (χ1n) is 13.6. The van der Waals surface area contributed by atoms with Crippen LogP contribution in [0, 0.1) is 21.7 Å². The van der Waals surface area contributed by atoms with Gasteiger partial charge in [0.05, 0.1) is 12.6 Å². The molecule has 198 valence electrons. The first kappa shape index (κ1) is 28.2. The van der Waals surface area contributed by atoms with E-state index in [0.29, 0.717) is 12.5 Å². The van der Waals surface area contributed by atoms with E-state index in [9.17, 15) is 0 Å². The summed E-state index contributed by atoms with van der Waals surface area (Å²) < 4.78 is 5.73. The van der Waals surface area contributed by atoms with Gasteiger partial charge in [-0.3, -0.25) is 0 Å². The number of fused-ring (bicyclic) bond motifs is 1. The summed E-state index contributed by atoms with van der Waals surface area (Å²) in [7, 11) is 0. The van der Waals surface area contributed by atoms with Gasteiger partial charge in [-0.25, -0.2) is 0 Å². The highest BCUT2D eigenvalue weighted by atomic mass is 16.5. The zero-order valence-electron chi connectivity index (χ0n) is 24.6. The predicted octanol–water partition coefficient (Wildman–Crippen LogP) is 9.08. The number of aromatic nitrogens is 3. The molecule has 4 nitrogen and oxygen atoms in total. The van der Waals surface area contributed by atoms with E-state index < -0.39 is 0 Å². The lowest BCUT2D eigenvalue weighted by molar-refractivity contribution is -0.00610. The smallest absolute Gasteiger partial charge is 0.121 e. The third-order valence-corrected chi connectivity index (χ3v) is 8.30. The SMILES string of the molecule is CCOc1ccc2nn(C(CC(C)(C)C)C(C)(C)C(C)(C)CC(c3ccccc3)C(C)(C)C)nc2c1. The molecule has 0 aliphatic heterocycles. The highest BCUT2D eigenvalue weighted by Gasteiger charge is 2.48. The van der Waals surface area contributed by atoms with E-state index in [0.717, 1.165) is 29.6 Å². The topological polar surface area (TPSA) is 39.9 Å². The maximum atomic E-state index is 5.73. The van der Waals surface area contributed by atoms with Crippen LogP contribution in [0.15, 0.2) is 48.5 Å². The van der Waals surface area contributed by atoms with Crippen molar-refractivity contribution in [2.75, 3.05) is 6.61 Å². The molecule has 0 fully saturated rings. The summed E-state index contributed by atoms with van der Waals surface area (Å²) in [5.74, 6) is 1.29. The molecule has 0 N–H and O–H groups in total. The molecule has 1 heterocycles. The summed E-state index contributed by atoms with van der Waals surface area (Å²) in [5, 5.41) is 10.0. The first-order chi connectivity index (χ1) is 16.5. The summed E-state index contributed by atoms with van der Waals surface area (Å²) in [6, 6.07) is 17.2. The van der Waals surface area contributed by atoms with Crippen molar-refractivity contribution in [3.05, 3.63) is 54.1 Å². The van der Waals surface area contributed by atoms with E-state index in [2.05, 4.69) is 99.6 Å². The molecule has 1 aromatic heterocycles. The second-order valence-electron chi connectivity index (χ2n) is 14.0. The number of rotatable bonds is 9. The van der Waals surface area contributed by atoms with Gasteiger partial charge < -0.3 is 4.74 Å². The van der Waals surface area contributed by atoms with E-state index in [4.69, 9.17) is 14.9 Å². The van der Waals surface area contributed by atoms with Gasteiger partial charge >= 0.3 is 0 Å². The maximum absolute atomic E-state index is 5.73. The minimum Gasteiger partial charge on any atom is -0.494 e. The molecule has 3 aromatic rings. The summed E-state index contributed by atoms with van der Waals surface area (Å²) in [4.78, 5) is 2.02. The van der Waals surface area contributed by atoms with E-state index >= 15 is 0 Å². The summed E-state index contributed by atoms with van der Waals surface area (Å²) in [6.07, 6.45) is 2.08. The van der Waals surface area contributed by atoms with Gasteiger partial charge in [-0.05, 0) is 65.0 Å². The Morgan fingerprint density at radius 2 is 1.39 bits per heavy atom. The molecule has 2 unspecified atom stereocenters. The molecule has 0 saturated carbocycles. The number of benzene rings is 2. The van der Waals surface area contributed by atoms with E-state index in [-0.39, 0.29) is 27.7 Å². The highest BCUT2D eigenvalue weighted by molar-refractivity contribution is 5.75. The van der Waals surface area contributed by atoms with Gasteiger partial charge in [0.2, 0.25) is 0 Å². The summed E-state index contributed by atoms with van der Waals surface area (Å²) >= 11 is 0. The van der Waals surface area contributed by atoms with Gasteiger partial charge in [-0.1, -0.05) is 99.6 Å². The lowest BCUT2D eigenvalue weighted by Crippen LogP contribution is -2.44. The van der Waals surface area contributed by atoms with Crippen LogP contribution in [0.4, 0.5) is 0 Å². The van der Waals surface area contributed by atoms with Crippen molar-refractivity contribution in [1.29, 1.82) is 0 Å². The monoisotopic (exact) mass is 491 g/mol. The lowest BCUT2D eigenvalue weighted by Gasteiger charge is -2.50. The highest BCUT2D eigenvalue weighted by Crippen LogP contribution is 2.56. The Morgan fingerprint density at radius 3 is 1.94 bits per heavy atom. The molecule has 4 heteroatoms. The fourth-order valence-electron chi connectivity index (χ4n) is 5.35. The Hall–Kier alpha value is -2.36. The molecule has 2 aromatic carbocycles. The van der Waals surface area contributed by atoms with Crippen molar-refractivity contribution in [2.24, 2.45) is 21.7 Å². The van der Waals surface area contributed by atoms with E-state index in [1.54, 1.807) is 0 Å². The van der Waals surface area contributed by atoms with Crippen LogP contribution in [0.2, 0.25) is 0 Å². The molecule has 0 aliphatic carbocycles. The van der Waals surface area contributed by atoms with E-state index in [1.165, 1.54) is 5.56 Å². The number of hydrogen-bond acceptors (Lipinski definition) is 3. The van der Waals surface area contributed by atoms with Crippen LogP contribution < -0.4 is 4.74 Å². The van der Waals surface area contributed by atoms with Crippen molar-refractivity contribution < 1.29 is 4.74 Å². The van der Waals surface area contributed by atoms with Crippen LogP contribution in [0.5, 0.6) is 5.75 Å². The second kappa shape index (κ2) is 10.2. The fraction of sp³-hybridized carbons (Fsp3) is 0.625. The molecule has 36 heavy (non-hydrogen) atoms. The predicted molar refractivity (Wildman–Crippen MR) is 153 cm³/mol. The molecule has 0 amide bonds. The minimum atomic E-state index is -0.0731. The van der Waals surface area contributed by atoms with Crippen molar-refractivity contribution >= 4 is 11.0 Å².